The number of carbonyl (C=O) groups is 2. The van der Waals surface area contributed by atoms with Crippen molar-refractivity contribution in [2.24, 2.45) is 0 Å². The van der Waals surface area contributed by atoms with Crippen molar-refractivity contribution in [3.63, 3.8) is 0 Å². The van der Waals surface area contributed by atoms with E-state index in [-0.39, 0.29) is 12.2 Å². The Morgan fingerprint density at radius 3 is 2.65 bits per heavy atom. The molecule has 1 aliphatic heterocycles. The van der Waals surface area contributed by atoms with Gasteiger partial charge in [0.05, 0.1) is 13.0 Å². The van der Waals surface area contributed by atoms with E-state index >= 15 is 0 Å². The molecule has 0 radical (unpaired) electrons. The second-order valence-electron chi connectivity index (χ2n) is 3.55. The first-order chi connectivity index (χ1) is 7.99. The first-order valence-corrected chi connectivity index (χ1v) is 4.95. The number of carbonyl (C=O) groups excluding carboxylic acids is 1. The van der Waals surface area contributed by atoms with E-state index in [1.165, 1.54) is 7.11 Å². The number of ether oxygens (including phenoxy) is 2. The molecule has 0 amide bonds. The van der Waals surface area contributed by atoms with Gasteiger partial charge in [-0.3, -0.25) is 4.79 Å². The second kappa shape index (κ2) is 5.76. The monoisotopic (exact) mass is 246 g/mol. The van der Waals surface area contributed by atoms with Crippen LogP contribution in [0.25, 0.3) is 0 Å². The molecule has 7 heteroatoms. The van der Waals surface area contributed by atoms with Gasteiger partial charge in [0, 0.05) is 7.11 Å². The molecule has 1 rings (SSSR count). The largest absolute Gasteiger partial charge is 0.481 e. The van der Waals surface area contributed by atoms with E-state index in [2.05, 4.69) is 4.74 Å². The van der Waals surface area contributed by atoms with E-state index < -0.39 is 36.7 Å². The number of hydrogen-bond acceptors (Lipinski definition) is 6. The fraction of sp³-hybridized carbons (Fsp3) is 0.600. The highest BCUT2D eigenvalue weighted by molar-refractivity contribution is 5.96. The Labute approximate surface area is 97.3 Å². The zero-order valence-corrected chi connectivity index (χ0v) is 9.20. The zero-order chi connectivity index (χ0) is 13.0. The van der Waals surface area contributed by atoms with Crippen LogP contribution in [0.5, 0.6) is 0 Å². The van der Waals surface area contributed by atoms with Gasteiger partial charge in [-0.15, -0.1) is 0 Å². The summed E-state index contributed by atoms with van der Waals surface area (Å²) in [5.74, 6) is -1.98. The molecule has 1 aliphatic rings. The Balaban J connectivity index is 2.60. The van der Waals surface area contributed by atoms with Gasteiger partial charge in [-0.25, -0.2) is 4.79 Å². The van der Waals surface area contributed by atoms with E-state index in [4.69, 9.17) is 14.9 Å². The minimum Gasteiger partial charge on any atom is -0.481 e. The van der Waals surface area contributed by atoms with E-state index in [0.29, 0.717) is 0 Å². The molecule has 0 aromatic heterocycles. The standard InChI is InChI=1S/C10H14O7/c1-16-8(10(14)15)3-5(12)7-2-6(13)9(4-11)17-7/h2,6,8-9,11,13H,3-4H2,1H3,(H,14,15)/t6-,8?,9+/m0/s1. The van der Waals surface area contributed by atoms with Gasteiger partial charge in [-0.05, 0) is 6.08 Å². The number of ketones is 1. The smallest absolute Gasteiger partial charge is 0.333 e. The van der Waals surface area contributed by atoms with Gasteiger partial charge in [-0.1, -0.05) is 0 Å². The number of methoxy groups -OCH3 is 1. The number of aliphatic hydroxyl groups is 2. The van der Waals surface area contributed by atoms with Crippen LogP contribution >= 0.6 is 0 Å². The molecule has 3 N–H and O–H groups in total. The number of allylic oxidation sites excluding steroid dienone is 1. The number of aliphatic carboxylic acids is 1. The molecule has 0 fully saturated rings. The summed E-state index contributed by atoms with van der Waals surface area (Å²) in [4.78, 5) is 22.2. The van der Waals surface area contributed by atoms with Gasteiger partial charge < -0.3 is 24.8 Å². The number of aliphatic hydroxyl groups excluding tert-OH is 2. The average Bonchev–Trinajstić information content (AvgIpc) is 2.66. The molecule has 1 unspecified atom stereocenters. The normalized spacial score (nSPS) is 25.0. The summed E-state index contributed by atoms with van der Waals surface area (Å²) in [5.41, 5.74) is 0. The highest BCUT2D eigenvalue weighted by Crippen LogP contribution is 2.20. The molecular formula is C10H14O7. The van der Waals surface area contributed by atoms with Crippen molar-refractivity contribution in [2.75, 3.05) is 13.7 Å². The van der Waals surface area contributed by atoms with Crippen molar-refractivity contribution in [2.45, 2.75) is 24.7 Å². The summed E-state index contributed by atoms with van der Waals surface area (Å²) in [6, 6.07) is 0. The number of hydrogen-bond donors (Lipinski definition) is 3. The highest BCUT2D eigenvalue weighted by Gasteiger charge is 2.32. The van der Waals surface area contributed by atoms with Gasteiger partial charge in [0.1, 0.15) is 6.10 Å². The maximum Gasteiger partial charge on any atom is 0.333 e. The predicted octanol–water partition coefficient (Wildman–Crippen LogP) is -1.32. The Morgan fingerprint density at radius 2 is 2.24 bits per heavy atom. The molecule has 3 atom stereocenters. The third-order valence-electron chi connectivity index (χ3n) is 2.37. The lowest BCUT2D eigenvalue weighted by atomic mass is 10.1. The molecule has 1 heterocycles. The zero-order valence-electron chi connectivity index (χ0n) is 9.20. The molecule has 17 heavy (non-hydrogen) atoms. The van der Waals surface area contributed by atoms with Gasteiger partial charge in [0.15, 0.2) is 23.8 Å². The quantitative estimate of drug-likeness (QED) is 0.532. The van der Waals surface area contributed by atoms with E-state index in [0.717, 1.165) is 6.08 Å². The first kappa shape index (κ1) is 13.6. The molecule has 0 saturated carbocycles. The van der Waals surface area contributed by atoms with Gasteiger partial charge >= 0.3 is 5.97 Å². The van der Waals surface area contributed by atoms with Crippen molar-refractivity contribution >= 4 is 11.8 Å². The molecule has 0 saturated heterocycles. The number of carboxylic acids is 1. The Bertz CT molecular complexity index is 336. The van der Waals surface area contributed by atoms with Crippen LogP contribution in [0.4, 0.5) is 0 Å². The molecular weight excluding hydrogens is 232 g/mol. The molecule has 0 aromatic carbocycles. The molecule has 0 bridgehead atoms. The Morgan fingerprint density at radius 1 is 1.59 bits per heavy atom. The van der Waals surface area contributed by atoms with Crippen LogP contribution in [0.2, 0.25) is 0 Å². The molecule has 0 spiro atoms. The Kier molecular flexibility index (Phi) is 4.62. The number of Topliss-reactive ketones (excluding diaryl/α,β-unsaturated/α-hetero) is 1. The van der Waals surface area contributed by atoms with Gasteiger partial charge in [0.25, 0.3) is 0 Å². The summed E-state index contributed by atoms with van der Waals surface area (Å²) in [6.45, 7) is -0.429. The maximum absolute atomic E-state index is 11.6. The summed E-state index contributed by atoms with van der Waals surface area (Å²) in [6.07, 6.45) is -2.43. The number of carboxylic acid groups (broad SMARTS) is 1. The topological polar surface area (TPSA) is 113 Å². The first-order valence-electron chi connectivity index (χ1n) is 4.95. The van der Waals surface area contributed by atoms with Gasteiger partial charge in [0.2, 0.25) is 0 Å². The van der Waals surface area contributed by atoms with Crippen molar-refractivity contribution in [3.05, 3.63) is 11.8 Å². The minimum absolute atomic E-state index is 0.139. The number of rotatable bonds is 6. The molecule has 0 aromatic rings. The Hall–Kier alpha value is -1.44. The average molecular weight is 246 g/mol. The minimum atomic E-state index is -1.25. The lowest BCUT2D eigenvalue weighted by Gasteiger charge is -2.13. The molecule has 96 valence electrons. The fourth-order valence-electron chi connectivity index (χ4n) is 1.38. The molecule has 0 aliphatic carbocycles. The van der Waals surface area contributed by atoms with E-state index in [9.17, 15) is 14.7 Å². The van der Waals surface area contributed by atoms with Crippen LogP contribution in [0.15, 0.2) is 11.8 Å². The van der Waals surface area contributed by atoms with Crippen molar-refractivity contribution in [1.82, 2.24) is 0 Å². The van der Waals surface area contributed by atoms with Crippen molar-refractivity contribution < 1.29 is 34.4 Å². The maximum atomic E-state index is 11.6. The fourth-order valence-corrected chi connectivity index (χ4v) is 1.38. The van der Waals surface area contributed by atoms with Crippen molar-refractivity contribution in [3.8, 4) is 0 Å². The lowest BCUT2D eigenvalue weighted by molar-refractivity contribution is -0.150. The third-order valence-corrected chi connectivity index (χ3v) is 2.37. The van der Waals surface area contributed by atoms with Crippen LogP contribution in [-0.4, -0.2) is 59.1 Å². The predicted molar refractivity (Wildman–Crippen MR) is 54.1 cm³/mol. The second-order valence-corrected chi connectivity index (χ2v) is 3.55. The summed E-state index contributed by atoms with van der Waals surface area (Å²) in [5, 5.41) is 26.8. The summed E-state index contributed by atoms with van der Waals surface area (Å²) in [7, 11) is 1.18. The summed E-state index contributed by atoms with van der Waals surface area (Å²) >= 11 is 0. The SMILES string of the molecule is COC(CC(=O)C1=C[C@H](O)[C@@H](CO)O1)C(=O)O. The van der Waals surface area contributed by atoms with E-state index in [1.807, 2.05) is 0 Å². The third kappa shape index (κ3) is 3.26. The van der Waals surface area contributed by atoms with Crippen LogP contribution in [0.3, 0.4) is 0 Å². The van der Waals surface area contributed by atoms with Crippen LogP contribution in [0.1, 0.15) is 6.42 Å². The lowest BCUT2D eigenvalue weighted by Crippen LogP contribution is -2.27. The van der Waals surface area contributed by atoms with Crippen LogP contribution < -0.4 is 0 Å². The van der Waals surface area contributed by atoms with Crippen molar-refractivity contribution in [1.29, 1.82) is 0 Å². The van der Waals surface area contributed by atoms with Gasteiger partial charge in [-0.2, -0.15) is 0 Å². The van der Waals surface area contributed by atoms with Crippen LogP contribution in [-0.2, 0) is 19.1 Å². The van der Waals surface area contributed by atoms with E-state index in [1.54, 1.807) is 0 Å². The molecule has 7 nitrogen and oxygen atoms in total. The van der Waals surface area contributed by atoms with Crippen LogP contribution in [0, 0.1) is 0 Å². The highest BCUT2D eigenvalue weighted by atomic mass is 16.5. The summed E-state index contributed by atoms with van der Waals surface area (Å²) < 4.78 is 9.58.